The number of carbonyl (C=O) groups is 2. The molecule has 0 unspecified atom stereocenters. The van der Waals surface area contributed by atoms with Crippen molar-refractivity contribution in [1.82, 2.24) is 15.3 Å². The fraction of sp³-hybridized carbons (Fsp3) is 0.154. The molecule has 1 heterocycles. The van der Waals surface area contributed by atoms with E-state index in [-0.39, 0.29) is 30.2 Å². The van der Waals surface area contributed by atoms with E-state index in [1.807, 2.05) is 48.5 Å². The summed E-state index contributed by atoms with van der Waals surface area (Å²) in [6.07, 6.45) is 4.07. The highest BCUT2D eigenvalue weighted by atomic mass is 35.5. The SMILES string of the molecule is O=C(NCc1ncccn1)c1ccc([C@@H]2C[C@H]2C(=O)Nc2ccc3cccc(Cl)c3c2)cc1. The molecule has 0 spiro atoms. The van der Waals surface area contributed by atoms with E-state index < -0.39 is 0 Å². The van der Waals surface area contributed by atoms with Crippen LogP contribution in [0, 0.1) is 5.92 Å². The number of hydrogen-bond donors (Lipinski definition) is 2. The van der Waals surface area contributed by atoms with Gasteiger partial charge in [0.25, 0.3) is 5.91 Å². The Morgan fingerprint density at radius 2 is 1.76 bits per heavy atom. The lowest BCUT2D eigenvalue weighted by atomic mass is 10.1. The van der Waals surface area contributed by atoms with Crippen molar-refractivity contribution in [2.75, 3.05) is 5.32 Å². The Balaban J connectivity index is 1.18. The summed E-state index contributed by atoms with van der Waals surface area (Å²) in [5, 5.41) is 8.43. The molecule has 7 heteroatoms. The second-order valence-corrected chi connectivity index (χ2v) is 8.49. The minimum Gasteiger partial charge on any atom is -0.345 e. The van der Waals surface area contributed by atoms with Gasteiger partial charge >= 0.3 is 0 Å². The maximum Gasteiger partial charge on any atom is 0.251 e. The van der Waals surface area contributed by atoms with Crippen LogP contribution in [-0.2, 0) is 11.3 Å². The zero-order valence-electron chi connectivity index (χ0n) is 17.7. The Kier molecular flexibility index (Phi) is 5.75. The molecule has 33 heavy (non-hydrogen) atoms. The molecule has 2 amide bonds. The second kappa shape index (κ2) is 9.00. The van der Waals surface area contributed by atoms with Crippen LogP contribution in [0.25, 0.3) is 10.8 Å². The summed E-state index contributed by atoms with van der Waals surface area (Å²) in [6, 6.07) is 20.6. The van der Waals surface area contributed by atoms with Crippen LogP contribution in [0.3, 0.4) is 0 Å². The number of anilines is 1. The highest BCUT2D eigenvalue weighted by molar-refractivity contribution is 6.35. The Labute approximate surface area is 196 Å². The van der Waals surface area contributed by atoms with Crippen molar-refractivity contribution in [3.63, 3.8) is 0 Å². The average Bonchev–Trinajstić information content (AvgIpc) is 3.65. The van der Waals surface area contributed by atoms with E-state index in [0.29, 0.717) is 16.4 Å². The molecule has 0 radical (unpaired) electrons. The van der Waals surface area contributed by atoms with Gasteiger partial charge in [0.1, 0.15) is 5.82 Å². The normalized spacial score (nSPS) is 16.9. The van der Waals surface area contributed by atoms with Crippen molar-refractivity contribution in [1.29, 1.82) is 0 Å². The number of fused-ring (bicyclic) bond motifs is 1. The van der Waals surface area contributed by atoms with E-state index in [1.165, 1.54) is 0 Å². The summed E-state index contributed by atoms with van der Waals surface area (Å²) in [5.74, 6) is 0.443. The molecule has 3 aromatic carbocycles. The van der Waals surface area contributed by atoms with Gasteiger partial charge in [-0.25, -0.2) is 9.97 Å². The van der Waals surface area contributed by atoms with Crippen molar-refractivity contribution < 1.29 is 9.59 Å². The number of halogens is 1. The summed E-state index contributed by atoms with van der Waals surface area (Å²) in [4.78, 5) is 33.3. The molecule has 0 bridgehead atoms. The number of nitrogens with zero attached hydrogens (tertiary/aromatic N) is 2. The van der Waals surface area contributed by atoms with Crippen LogP contribution in [0.1, 0.15) is 34.1 Å². The highest BCUT2D eigenvalue weighted by Crippen LogP contribution is 2.48. The van der Waals surface area contributed by atoms with E-state index in [2.05, 4.69) is 20.6 Å². The molecule has 1 aliphatic carbocycles. The number of aromatic nitrogens is 2. The first kappa shape index (κ1) is 21.1. The van der Waals surface area contributed by atoms with Gasteiger partial charge in [0.05, 0.1) is 6.54 Å². The summed E-state index contributed by atoms with van der Waals surface area (Å²) in [7, 11) is 0. The molecule has 5 rings (SSSR count). The molecule has 1 saturated carbocycles. The van der Waals surface area contributed by atoms with Gasteiger partial charge in [0.2, 0.25) is 5.91 Å². The molecule has 1 aromatic heterocycles. The van der Waals surface area contributed by atoms with Crippen molar-refractivity contribution >= 4 is 39.9 Å². The van der Waals surface area contributed by atoms with Crippen LogP contribution >= 0.6 is 11.6 Å². The van der Waals surface area contributed by atoms with Crippen molar-refractivity contribution in [3.05, 3.63) is 101 Å². The zero-order valence-corrected chi connectivity index (χ0v) is 18.4. The average molecular weight is 457 g/mol. The first-order valence-corrected chi connectivity index (χ1v) is 11.1. The van der Waals surface area contributed by atoms with Gasteiger partial charge in [-0.2, -0.15) is 0 Å². The summed E-state index contributed by atoms with van der Waals surface area (Å²) in [6.45, 7) is 0.270. The quantitative estimate of drug-likeness (QED) is 0.429. The van der Waals surface area contributed by atoms with Crippen molar-refractivity contribution in [2.24, 2.45) is 5.92 Å². The van der Waals surface area contributed by atoms with Gasteiger partial charge in [-0.1, -0.05) is 41.9 Å². The lowest BCUT2D eigenvalue weighted by Crippen LogP contribution is -2.23. The van der Waals surface area contributed by atoms with Gasteiger partial charge in [0, 0.05) is 40.0 Å². The van der Waals surface area contributed by atoms with Gasteiger partial charge < -0.3 is 10.6 Å². The molecule has 1 aliphatic rings. The van der Waals surface area contributed by atoms with Crippen LogP contribution in [-0.4, -0.2) is 21.8 Å². The Hall–Kier alpha value is -3.77. The smallest absolute Gasteiger partial charge is 0.251 e. The molecule has 0 saturated heterocycles. The summed E-state index contributed by atoms with van der Waals surface area (Å²) >= 11 is 6.28. The van der Waals surface area contributed by atoms with E-state index in [0.717, 1.165) is 28.4 Å². The maximum atomic E-state index is 12.8. The molecule has 164 valence electrons. The van der Waals surface area contributed by atoms with Crippen LogP contribution in [0.15, 0.2) is 79.1 Å². The third-order valence-electron chi connectivity index (χ3n) is 5.85. The second-order valence-electron chi connectivity index (χ2n) is 8.08. The Morgan fingerprint density at radius 3 is 2.55 bits per heavy atom. The third-order valence-corrected chi connectivity index (χ3v) is 6.18. The third kappa shape index (κ3) is 4.71. The van der Waals surface area contributed by atoms with Crippen LogP contribution in [0.5, 0.6) is 0 Å². The van der Waals surface area contributed by atoms with Gasteiger partial charge in [-0.15, -0.1) is 0 Å². The topological polar surface area (TPSA) is 84.0 Å². The lowest BCUT2D eigenvalue weighted by molar-refractivity contribution is -0.117. The maximum absolute atomic E-state index is 12.8. The monoisotopic (exact) mass is 456 g/mol. The Morgan fingerprint density at radius 1 is 0.970 bits per heavy atom. The number of hydrogen-bond acceptors (Lipinski definition) is 4. The van der Waals surface area contributed by atoms with Gasteiger partial charge in [-0.05, 0) is 59.7 Å². The molecule has 0 aliphatic heterocycles. The van der Waals surface area contributed by atoms with E-state index >= 15 is 0 Å². The van der Waals surface area contributed by atoms with Gasteiger partial charge in [-0.3, -0.25) is 9.59 Å². The molecule has 2 N–H and O–H groups in total. The van der Waals surface area contributed by atoms with Gasteiger partial charge in [0.15, 0.2) is 0 Å². The molecule has 1 fully saturated rings. The van der Waals surface area contributed by atoms with Crippen molar-refractivity contribution in [2.45, 2.75) is 18.9 Å². The Bertz CT molecular complexity index is 1330. The van der Waals surface area contributed by atoms with Crippen LogP contribution in [0.2, 0.25) is 5.02 Å². The largest absolute Gasteiger partial charge is 0.345 e. The first-order chi connectivity index (χ1) is 16.1. The van der Waals surface area contributed by atoms with Crippen molar-refractivity contribution in [3.8, 4) is 0 Å². The minimum atomic E-state index is -0.186. The highest BCUT2D eigenvalue weighted by Gasteiger charge is 2.43. The van der Waals surface area contributed by atoms with E-state index in [1.54, 1.807) is 30.6 Å². The van der Waals surface area contributed by atoms with Crippen LogP contribution < -0.4 is 10.6 Å². The molecule has 2 atom stereocenters. The predicted molar refractivity (Wildman–Crippen MR) is 128 cm³/mol. The number of benzene rings is 3. The zero-order chi connectivity index (χ0) is 22.8. The lowest BCUT2D eigenvalue weighted by Gasteiger charge is -2.08. The molecular formula is C26H21ClN4O2. The predicted octanol–water partition coefficient (Wildman–Crippen LogP) is 4.96. The van der Waals surface area contributed by atoms with E-state index in [9.17, 15) is 9.59 Å². The van der Waals surface area contributed by atoms with E-state index in [4.69, 9.17) is 11.6 Å². The number of carbonyl (C=O) groups excluding carboxylic acids is 2. The first-order valence-electron chi connectivity index (χ1n) is 10.7. The fourth-order valence-corrected chi connectivity index (χ4v) is 4.20. The number of amides is 2. The number of nitrogens with one attached hydrogen (secondary N) is 2. The summed E-state index contributed by atoms with van der Waals surface area (Å²) < 4.78 is 0. The van der Waals surface area contributed by atoms with Crippen LogP contribution in [0.4, 0.5) is 5.69 Å². The molecule has 6 nitrogen and oxygen atoms in total. The minimum absolute atomic E-state index is 0.00363. The summed E-state index contributed by atoms with van der Waals surface area (Å²) in [5.41, 5.74) is 2.35. The fourth-order valence-electron chi connectivity index (χ4n) is 3.96. The standard InChI is InChI=1S/C26H21ClN4O2/c27-23-4-1-3-16-9-10-19(13-21(16)23)31-26(33)22-14-20(22)17-5-7-18(8-6-17)25(32)30-15-24-28-11-2-12-29-24/h1-13,20,22H,14-15H2,(H,30,32)(H,31,33)/t20-,22+/m0/s1. The number of rotatable bonds is 6. The molecular weight excluding hydrogens is 436 g/mol. The molecule has 4 aromatic rings.